The average molecular weight is 246 g/mol. The van der Waals surface area contributed by atoms with Crippen molar-refractivity contribution in [1.29, 1.82) is 0 Å². The van der Waals surface area contributed by atoms with Crippen molar-refractivity contribution in [2.24, 2.45) is 0 Å². The van der Waals surface area contributed by atoms with Crippen molar-refractivity contribution in [2.45, 2.75) is 0 Å². The van der Waals surface area contributed by atoms with Gasteiger partial charge in [-0.3, -0.25) is 0 Å². The van der Waals surface area contributed by atoms with E-state index in [0.717, 1.165) is 22.5 Å². The molecule has 5 heteroatoms. The van der Waals surface area contributed by atoms with Crippen LogP contribution in [-0.4, -0.2) is 16.4 Å². The van der Waals surface area contributed by atoms with Gasteiger partial charge in [-0.25, -0.2) is 4.79 Å². The number of nitrogen functional groups attached to an aromatic ring is 2. The molecule has 6 N–H and O–H groups in total. The van der Waals surface area contributed by atoms with Crippen LogP contribution in [0.1, 0.15) is 0 Å². The molecule has 2 aromatic carbocycles. The van der Waals surface area contributed by atoms with Crippen LogP contribution < -0.4 is 11.5 Å². The first kappa shape index (κ1) is 13.4. The highest BCUT2D eigenvalue weighted by molar-refractivity contribution is 5.83. The van der Waals surface area contributed by atoms with Crippen LogP contribution in [-0.2, 0) is 0 Å². The van der Waals surface area contributed by atoms with E-state index in [1.54, 1.807) is 0 Å². The third-order valence-electron chi connectivity index (χ3n) is 2.21. The summed E-state index contributed by atoms with van der Waals surface area (Å²) in [6.45, 7) is 0. The maximum atomic E-state index is 8.56. The molecule has 0 aromatic heterocycles. The van der Waals surface area contributed by atoms with Crippen molar-refractivity contribution in [3.05, 3.63) is 48.5 Å². The van der Waals surface area contributed by atoms with Crippen LogP contribution in [0.25, 0.3) is 11.1 Å². The van der Waals surface area contributed by atoms with E-state index in [1.807, 2.05) is 48.5 Å². The summed E-state index contributed by atoms with van der Waals surface area (Å²) in [5.74, 6) is 0. The molecule has 0 aliphatic rings. The first-order valence-corrected chi connectivity index (χ1v) is 5.13. The second-order valence-corrected chi connectivity index (χ2v) is 3.46. The first-order valence-electron chi connectivity index (χ1n) is 5.13. The highest BCUT2D eigenvalue weighted by atomic mass is 16.6. The first-order chi connectivity index (χ1) is 8.52. The molecule has 0 heterocycles. The Morgan fingerprint density at radius 2 is 1.06 bits per heavy atom. The lowest BCUT2D eigenvalue weighted by Crippen LogP contribution is -1.93. The fourth-order valence-corrected chi connectivity index (χ4v) is 1.48. The lowest BCUT2D eigenvalue weighted by Gasteiger charge is -2.07. The van der Waals surface area contributed by atoms with Gasteiger partial charge in [0.25, 0.3) is 0 Å². The maximum absolute atomic E-state index is 8.56. The Morgan fingerprint density at radius 1 is 0.778 bits per heavy atom. The van der Waals surface area contributed by atoms with Gasteiger partial charge in [0, 0.05) is 22.5 Å². The minimum atomic E-state index is -1.83. The Bertz CT molecular complexity index is 494. The van der Waals surface area contributed by atoms with Gasteiger partial charge in [0.15, 0.2) is 0 Å². The molecule has 0 amide bonds. The molecule has 0 aliphatic carbocycles. The molecule has 0 bridgehead atoms. The normalized spacial score (nSPS) is 9.11. The summed E-state index contributed by atoms with van der Waals surface area (Å²) in [5.41, 5.74) is 15.2. The zero-order chi connectivity index (χ0) is 13.5. The van der Waals surface area contributed by atoms with Crippen molar-refractivity contribution in [2.75, 3.05) is 11.5 Å². The van der Waals surface area contributed by atoms with E-state index < -0.39 is 6.16 Å². The van der Waals surface area contributed by atoms with Gasteiger partial charge < -0.3 is 21.7 Å². The fraction of sp³-hybridized carbons (Fsp3) is 0. The minimum absolute atomic E-state index is 0.755. The fourth-order valence-electron chi connectivity index (χ4n) is 1.48. The molecule has 0 fully saturated rings. The minimum Gasteiger partial charge on any atom is -0.450 e. The number of anilines is 2. The van der Waals surface area contributed by atoms with Crippen molar-refractivity contribution in [1.82, 2.24) is 0 Å². The van der Waals surface area contributed by atoms with Crippen molar-refractivity contribution < 1.29 is 15.0 Å². The van der Waals surface area contributed by atoms with Crippen LogP contribution in [0.5, 0.6) is 0 Å². The molecular formula is C13H14N2O3. The van der Waals surface area contributed by atoms with Crippen molar-refractivity contribution in [3.63, 3.8) is 0 Å². The third-order valence-corrected chi connectivity index (χ3v) is 2.21. The summed E-state index contributed by atoms with van der Waals surface area (Å²) in [4.78, 5) is 8.56. The van der Waals surface area contributed by atoms with E-state index in [2.05, 4.69) is 0 Å². The Morgan fingerprint density at radius 3 is 1.33 bits per heavy atom. The van der Waals surface area contributed by atoms with E-state index in [9.17, 15) is 0 Å². The molecule has 0 radical (unpaired) electrons. The van der Waals surface area contributed by atoms with Crippen LogP contribution in [0.15, 0.2) is 48.5 Å². The van der Waals surface area contributed by atoms with Gasteiger partial charge in [0.1, 0.15) is 0 Å². The van der Waals surface area contributed by atoms with Gasteiger partial charge in [-0.2, -0.15) is 0 Å². The van der Waals surface area contributed by atoms with Gasteiger partial charge in [-0.15, -0.1) is 0 Å². The maximum Gasteiger partial charge on any atom is 0.503 e. The predicted molar refractivity (Wildman–Crippen MR) is 71.4 cm³/mol. The number of para-hydroxylation sites is 2. The van der Waals surface area contributed by atoms with Crippen LogP contribution in [0.2, 0.25) is 0 Å². The van der Waals surface area contributed by atoms with Gasteiger partial charge in [0.05, 0.1) is 0 Å². The monoisotopic (exact) mass is 246 g/mol. The highest BCUT2D eigenvalue weighted by Gasteiger charge is 2.03. The number of nitrogens with two attached hydrogens (primary N) is 2. The van der Waals surface area contributed by atoms with Gasteiger partial charge in [0.2, 0.25) is 0 Å². The standard InChI is InChI=1S/C12H12N2.CH2O3/c13-11-7-3-1-5-9(11)10-6-2-4-8-12(10)14;2-1(3)4/h1-8H,13-14H2;(H2,2,3,4). The Hall–Kier alpha value is -2.69. The topological polar surface area (TPSA) is 110 Å². The molecule has 2 rings (SSSR count). The Kier molecular flexibility index (Phi) is 4.57. The second kappa shape index (κ2) is 6.15. The molecule has 0 aliphatic heterocycles. The molecule has 0 spiro atoms. The third kappa shape index (κ3) is 3.71. The highest BCUT2D eigenvalue weighted by Crippen LogP contribution is 2.29. The SMILES string of the molecule is Nc1ccccc1-c1ccccc1N.O=C(O)O. The summed E-state index contributed by atoms with van der Waals surface area (Å²) < 4.78 is 0. The number of benzene rings is 2. The molecule has 5 nitrogen and oxygen atoms in total. The molecule has 0 saturated carbocycles. The Labute approximate surface area is 104 Å². The summed E-state index contributed by atoms with van der Waals surface area (Å²) in [5, 5.41) is 13.9. The van der Waals surface area contributed by atoms with E-state index in [4.69, 9.17) is 26.5 Å². The summed E-state index contributed by atoms with van der Waals surface area (Å²) >= 11 is 0. The summed E-state index contributed by atoms with van der Waals surface area (Å²) in [7, 11) is 0. The zero-order valence-corrected chi connectivity index (χ0v) is 9.58. The lowest BCUT2D eigenvalue weighted by atomic mass is 10.0. The van der Waals surface area contributed by atoms with E-state index in [0.29, 0.717) is 0 Å². The molecule has 18 heavy (non-hydrogen) atoms. The van der Waals surface area contributed by atoms with E-state index in [1.165, 1.54) is 0 Å². The largest absolute Gasteiger partial charge is 0.503 e. The smallest absolute Gasteiger partial charge is 0.450 e. The number of carboxylic acid groups (broad SMARTS) is 2. The molecular weight excluding hydrogens is 232 g/mol. The van der Waals surface area contributed by atoms with Gasteiger partial charge in [-0.1, -0.05) is 36.4 Å². The average Bonchev–Trinajstić information content (AvgIpc) is 2.30. The van der Waals surface area contributed by atoms with Crippen LogP contribution in [0, 0.1) is 0 Å². The molecule has 2 aromatic rings. The number of rotatable bonds is 1. The molecule has 0 unspecified atom stereocenters. The predicted octanol–water partition coefficient (Wildman–Crippen LogP) is 2.74. The van der Waals surface area contributed by atoms with Crippen LogP contribution >= 0.6 is 0 Å². The van der Waals surface area contributed by atoms with Gasteiger partial charge in [-0.05, 0) is 12.1 Å². The number of carbonyl (C=O) groups is 1. The number of hydrogen-bond donors (Lipinski definition) is 4. The molecule has 94 valence electrons. The van der Waals surface area contributed by atoms with E-state index >= 15 is 0 Å². The molecule has 0 atom stereocenters. The number of hydrogen-bond acceptors (Lipinski definition) is 3. The van der Waals surface area contributed by atoms with E-state index in [-0.39, 0.29) is 0 Å². The summed E-state index contributed by atoms with van der Waals surface area (Å²) in [6, 6.07) is 15.4. The van der Waals surface area contributed by atoms with Crippen LogP contribution in [0.3, 0.4) is 0 Å². The summed E-state index contributed by atoms with van der Waals surface area (Å²) in [6.07, 6.45) is -1.83. The lowest BCUT2D eigenvalue weighted by molar-refractivity contribution is 0.137. The Balaban J connectivity index is 0.000000357. The quantitative estimate of drug-likeness (QED) is 0.578. The second-order valence-electron chi connectivity index (χ2n) is 3.46. The van der Waals surface area contributed by atoms with Crippen molar-refractivity contribution in [3.8, 4) is 11.1 Å². The van der Waals surface area contributed by atoms with Crippen molar-refractivity contribution >= 4 is 17.5 Å². The molecule has 0 saturated heterocycles. The van der Waals surface area contributed by atoms with Crippen LogP contribution in [0.4, 0.5) is 16.2 Å². The zero-order valence-electron chi connectivity index (χ0n) is 9.58. The van der Waals surface area contributed by atoms with Gasteiger partial charge >= 0.3 is 6.16 Å².